The number of halogens is 2. The van der Waals surface area contributed by atoms with Gasteiger partial charge in [0.1, 0.15) is 11.5 Å². The summed E-state index contributed by atoms with van der Waals surface area (Å²) < 4.78 is 26.5. The maximum atomic E-state index is 13.9. The van der Waals surface area contributed by atoms with Crippen molar-refractivity contribution in [2.24, 2.45) is 4.99 Å². The second-order valence-electron chi connectivity index (χ2n) is 8.97. The predicted octanol–water partition coefficient (Wildman–Crippen LogP) is 5.99. The van der Waals surface area contributed by atoms with Gasteiger partial charge in [-0.25, -0.2) is 9.79 Å². The van der Waals surface area contributed by atoms with Crippen molar-refractivity contribution in [3.8, 4) is 22.8 Å². The molecule has 0 spiro atoms. The third-order valence-corrected chi connectivity index (χ3v) is 8.58. The van der Waals surface area contributed by atoms with E-state index in [0.29, 0.717) is 55.8 Å². The van der Waals surface area contributed by atoms with E-state index >= 15 is 0 Å². The summed E-state index contributed by atoms with van der Waals surface area (Å²) >= 11 is 8.29. The zero-order valence-corrected chi connectivity index (χ0v) is 26.7. The third-order valence-electron chi connectivity index (χ3n) is 6.41. The monoisotopic (exact) mass is 700 g/mol. The van der Waals surface area contributed by atoms with Gasteiger partial charge in [0.05, 0.1) is 42.2 Å². The highest BCUT2D eigenvalue weighted by atomic mass is 79.9. The highest BCUT2D eigenvalue weighted by Gasteiger charge is 2.34. The summed E-state index contributed by atoms with van der Waals surface area (Å²) in [6.07, 6.45) is 1.69. The Morgan fingerprint density at radius 1 is 1.10 bits per heavy atom. The Bertz CT molecular complexity index is 1850. The van der Waals surface area contributed by atoms with Crippen molar-refractivity contribution in [2.75, 3.05) is 20.3 Å². The fourth-order valence-electron chi connectivity index (χ4n) is 4.63. The molecule has 1 atom stereocenters. The zero-order chi connectivity index (χ0) is 29.3. The minimum atomic E-state index is -0.776. The van der Waals surface area contributed by atoms with Crippen LogP contribution in [0.15, 0.2) is 83.0 Å². The summed E-state index contributed by atoms with van der Waals surface area (Å²) in [5.74, 6) is 1.69. The molecule has 0 fully saturated rings. The van der Waals surface area contributed by atoms with Crippen molar-refractivity contribution < 1.29 is 23.4 Å². The second-order valence-corrected chi connectivity index (χ2v) is 11.8. The molecular formula is C30H26Br2N2O6S. The largest absolute Gasteiger partial charge is 0.493 e. The highest BCUT2D eigenvalue weighted by molar-refractivity contribution is 9.11. The summed E-state index contributed by atoms with van der Waals surface area (Å²) in [5, 5.41) is 0. The van der Waals surface area contributed by atoms with Gasteiger partial charge in [-0.15, -0.1) is 0 Å². The van der Waals surface area contributed by atoms with Crippen molar-refractivity contribution >= 4 is 55.2 Å². The average molecular weight is 702 g/mol. The minimum absolute atomic E-state index is 0.189. The van der Waals surface area contributed by atoms with E-state index in [1.165, 1.54) is 15.9 Å². The SMILES string of the molecule is CCOC(=O)C1=C(C)N=c2s/c(=C/c3ccc(-c4cc(Br)ccc4Br)o3)c(=O)n2[C@@H]1c1ccc(OC)c(OCC)c1. The number of fused-ring (bicyclic) bond motifs is 1. The van der Waals surface area contributed by atoms with Crippen LogP contribution < -0.4 is 24.4 Å². The van der Waals surface area contributed by atoms with Crippen molar-refractivity contribution in [1.29, 1.82) is 0 Å². The van der Waals surface area contributed by atoms with Crippen LogP contribution in [-0.2, 0) is 9.53 Å². The number of rotatable bonds is 8. The Kier molecular flexibility index (Phi) is 8.67. The molecule has 0 bridgehead atoms. The first-order valence-corrected chi connectivity index (χ1v) is 15.2. The number of hydrogen-bond acceptors (Lipinski definition) is 8. The van der Waals surface area contributed by atoms with E-state index in [0.717, 1.165) is 14.5 Å². The van der Waals surface area contributed by atoms with Gasteiger partial charge in [0, 0.05) is 20.6 Å². The number of benzene rings is 2. The summed E-state index contributed by atoms with van der Waals surface area (Å²) in [6.45, 7) is 5.97. The minimum Gasteiger partial charge on any atom is -0.493 e. The number of ether oxygens (including phenoxy) is 3. The molecule has 0 saturated heterocycles. The Hall–Kier alpha value is -3.41. The maximum absolute atomic E-state index is 13.9. The number of carbonyl (C=O) groups excluding carboxylic acids is 1. The first-order valence-electron chi connectivity index (χ1n) is 12.8. The molecule has 0 aliphatic carbocycles. The molecule has 2 aromatic carbocycles. The molecule has 0 radical (unpaired) electrons. The summed E-state index contributed by atoms with van der Waals surface area (Å²) in [6, 6.07) is 14.1. The number of carbonyl (C=O) groups is 1. The smallest absolute Gasteiger partial charge is 0.338 e. The number of esters is 1. The highest BCUT2D eigenvalue weighted by Crippen LogP contribution is 2.36. The Labute approximate surface area is 256 Å². The van der Waals surface area contributed by atoms with Gasteiger partial charge in [-0.2, -0.15) is 0 Å². The Balaban J connectivity index is 1.66. The van der Waals surface area contributed by atoms with Gasteiger partial charge in [-0.1, -0.05) is 49.3 Å². The number of allylic oxidation sites excluding steroid dienone is 1. The lowest BCUT2D eigenvalue weighted by Crippen LogP contribution is -2.39. The number of nitrogens with zero attached hydrogens (tertiary/aromatic N) is 2. The van der Waals surface area contributed by atoms with Crippen molar-refractivity contribution in [3.63, 3.8) is 0 Å². The molecule has 0 N–H and O–H groups in total. The molecule has 212 valence electrons. The van der Waals surface area contributed by atoms with Gasteiger partial charge >= 0.3 is 5.97 Å². The van der Waals surface area contributed by atoms with E-state index in [4.69, 9.17) is 18.6 Å². The van der Waals surface area contributed by atoms with Crippen molar-refractivity contribution in [2.45, 2.75) is 26.8 Å². The molecule has 1 aliphatic rings. The molecule has 0 saturated carbocycles. The summed E-state index contributed by atoms with van der Waals surface area (Å²) in [7, 11) is 1.56. The topological polar surface area (TPSA) is 92.3 Å². The molecule has 41 heavy (non-hydrogen) atoms. The van der Waals surface area contributed by atoms with Gasteiger partial charge in [0.25, 0.3) is 5.56 Å². The van der Waals surface area contributed by atoms with Gasteiger partial charge in [-0.05, 0) is 68.8 Å². The fraction of sp³-hybridized carbons (Fsp3) is 0.233. The number of thiazole rings is 1. The van der Waals surface area contributed by atoms with Gasteiger partial charge in [0.15, 0.2) is 16.3 Å². The van der Waals surface area contributed by atoms with Crippen LogP contribution in [0.2, 0.25) is 0 Å². The summed E-state index contributed by atoms with van der Waals surface area (Å²) in [5.41, 5.74) is 2.01. The Morgan fingerprint density at radius 2 is 1.90 bits per heavy atom. The lowest BCUT2D eigenvalue weighted by Gasteiger charge is -2.25. The average Bonchev–Trinajstić information content (AvgIpc) is 3.53. The number of aromatic nitrogens is 1. The van der Waals surface area contributed by atoms with Gasteiger partial charge in [0.2, 0.25) is 0 Å². The molecule has 11 heteroatoms. The number of methoxy groups -OCH3 is 1. The maximum Gasteiger partial charge on any atom is 0.338 e. The number of hydrogen-bond donors (Lipinski definition) is 0. The van der Waals surface area contributed by atoms with Crippen LogP contribution in [-0.4, -0.2) is 30.9 Å². The third kappa shape index (κ3) is 5.71. The lowest BCUT2D eigenvalue weighted by atomic mass is 9.95. The second kappa shape index (κ2) is 12.2. The summed E-state index contributed by atoms with van der Waals surface area (Å²) in [4.78, 5) is 32.2. The van der Waals surface area contributed by atoms with E-state index in [-0.39, 0.29) is 12.2 Å². The van der Waals surface area contributed by atoms with E-state index in [1.807, 2.05) is 43.3 Å². The molecule has 0 unspecified atom stereocenters. The van der Waals surface area contributed by atoms with Crippen LogP contribution in [0.25, 0.3) is 17.4 Å². The normalized spacial score (nSPS) is 15.0. The van der Waals surface area contributed by atoms with Crippen LogP contribution in [0.3, 0.4) is 0 Å². The van der Waals surface area contributed by atoms with Crippen molar-refractivity contribution in [1.82, 2.24) is 4.57 Å². The lowest BCUT2D eigenvalue weighted by molar-refractivity contribution is -0.139. The van der Waals surface area contributed by atoms with Crippen LogP contribution in [0.1, 0.15) is 38.1 Å². The van der Waals surface area contributed by atoms with E-state index in [2.05, 4.69) is 36.9 Å². The van der Waals surface area contributed by atoms with Crippen molar-refractivity contribution in [3.05, 3.63) is 99.8 Å². The molecule has 1 aliphatic heterocycles. The van der Waals surface area contributed by atoms with E-state index < -0.39 is 12.0 Å². The van der Waals surface area contributed by atoms with Crippen LogP contribution >= 0.6 is 43.2 Å². The van der Waals surface area contributed by atoms with Crippen LogP contribution in [0.5, 0.6) is 11.5 Å². The first kappa shape index (κ1) is 29.1. The predicted molar refractivity (Wildman–Crippen MR) is 164 cm³/mol. The Morgan fingerprint density at radius 3 is 2.63 bits per heavy atom. The van der Waals surface area contributed by atoms with Gasteiger partial charge in [-0.3, -0.25) is 9.36 Å². The van der Waals surface area contributed by atoms with Crippen LogP contribution in [0, 0.1) is 0 Å². The molecule has 0 amide bonds. The van der Waals surface area contributed by atoms with E-state index in [1.54, 1.807) is 39.2 Å². The quantitative estimate of drug-likeness (QED) is 0.210. The molecule has 4 aromatic rings. The van der Waals surface area contributed by atoms with Crippen LogP contribution in [0.4, 0.5) is 0 Å². The number of furan rings is 1. The standard InChI is InChI=1S/C30H26Br2N2O6S/c1-5-38-24-13-17(7-11-23(24)37-4)27-26(29(36)39-6-2)16(3)33-30-34(27)28(35)25(41-30)15-19-9-12-22(40-19)20-14-18(31)8-10-21(20)32/h7-15,27H,5-6H2,1-4H3/b25-15+/t27-/m1/s1. The molecule has 5 rings (SSSR count). The fourth-order valence-corrected chi connectivity index (χ4v) is 6.46. The van der Waals surface area contributed by atoms with Gasteiger partial charge < -0.3 is 18.6 Å². The van der Waals surface area contributed by atoms with E-state index in [9.17, 15) is 9.59 Å². The first-order chi connectivity index (χ1) is 19.7. The molecular weight excluding hydrogens is 676 g/mol. The molecule has 2 aromatic heterocycles. The molecule has 3 heterocycles. The zero-order valence-electron chi connectivity index (χ0n) is 22.7. The molecule has 8 nitrogen and oxygen atoms in total.